The Morgan fingerprint density at radius 3 is 2.68 bits per heavy atom. The van der Waals surface area contributed by atoms with Gasteiger partial charge < -0.3 is 10.2 Å². The normalized spacial score (nSPS) is 26.8. The first kappa shape index (κ1) is 19.9. The van der Waals surface area contributed by atoms with Crippen molar-refractivity contribution in [2.75, 3.05) is 24.1 Å². The average molecular weight is 445 g/mol. The summed E-state index contributed by atoms with van der Waals surface area (Å²) >= 11 is 7.45. The van der Waals surface area contributed by atoms with Gasteiger partial charge in [-0.3, -0.25) is 4.72 Å². The summed E-state index contributed by atoms with van der Waals surface area (Å²) in [4.78, 5) is 5.56. The van der Waals surface area contributed by atoms with E-state index in [1.54, 1.807) is 5.38 Å². The Hall–Kier alpha value is -1.42. The molecule has 10 heteroatoms. The average Bonchev–Trinajstić information content (AvgIpc) is 3.20. The molecule has 0 spiro atoms. The van der Waals surface area contributed by atoms with Gasteiger partial charge in [0.25, 0.3) is 10.0 Å². The first-order chi connectivity index (χ1) is 13.2. The van der Waals surface area contributed by atoms with E-state index in [9.17, 15) is 12.8 Å². The fourth-order valence-electron chi connectivity index (χ4n) is 4.06. The van der Waals surface area contributed by atoms with Crippen LogP contribution in [0.15, 0.2) is 28.6 Å². The zero-order chi connectivity index (χ0) is 20.1. The van der Waals surface area contributed by atoms with Gasteiger partial charge in [-0.25, -0.2) is 17.8 Å². The predicted octanol–water partition coefficient (Wildman–Crippen LogP) is 3.88. The summed E-state index contributed by atoms with van der Waals surface area (Å²) in [5.41, 5.74) is 0.420. The second-order valence-electron chi connectivity index (χ2n) is 7.71. The number of benzene rings is 1. The van der Waals surface area contributed by atoms with Crippen molar-refractivity contribution in [2.24, 2.45) is 11.8 Å². The number of nitrogens with zero attached hydrogens (tertiary/aromatic N) is 2. The van der Waals surface area contributed by atoms with Crippen molar-refractivity contribution in [1.82, 2.24) is 9.88 Å². The van der Waals surface area contributed by atoms with E-state index >= 15 is 0 Å². The summed E-state index contributed by atoms with van der Waals surface area (Å²) in [5.74, 6) is 0.666. The van der Waals surface area contributed by atoms with Crippen molar-refractivity contribution in [3.05, 3.63) is 34.5 Å². The molecule has 4 atom stereocenters. The monoisotopic (exact) mass is 444 g/mol. The van der Waals surface area contributed by atoms with Crippen molar-refractivity contribution < 1.29 is 12.8 Å². The molecule has 6 nitrogen and oxygen atoms in total. The largest absolute Gasteiger partial charge is 0.379 e. The number of fused-ring (bicyclic) bond motifs is 1. The molecule has 152 valence electrons. The first-order valence-electron chi connectivity index (χ1n) is 9.09. The molecule has 0 bridgehead atoms. The van der Waals surface area contributed by atoms with Crippen molar-refractivity contribution in [1.29, 1.82) is 0 Å². The van der Waals surface area contributed by atoms with Crippen LogP contribution in [0.3, 0.4) is 0 Å². The molecule has 2 fully saturated rings. The summed E-state index contributed by atoms with van der Waals surface area (Å²) in [6.07, 6.45) is 4.84. The van der Waals surface area contributed by atoms with E-state index in [4.69, 9.17) is 11.6 Å². The molecular formula is C18H22ClFN4O2S2. The predicted molar refractivity (Wildman–Crippen MR) is 110 cm³/mol. The number of anilines is 2. The maximum Gasteiger partial charge on any atom is 0.266 e. The van der Waals surface area contributed by atoms with Crippen molar-refractivity contribution in [3.63, 3.8) is 0 Å². The molecule has 1 aromatic heterocycles. The summed E-state index contributed by atoms with van der Waals surface area (Å²) in [6, 6.07) is 2.80. The molecular weight excluding hydrogens is 423 g/mol. The number of nitrogens with one attached hydrogen (secondary N) is 2. The number of rotatable bonds is 6. The van der Waals surface area contributed by atoms with Crippen LogP contribution in [0.4, 0.5) is 15.2 Å². The van der Waals surface area contributed by atoms with Crippen LogP contribution in [-0.4, -0.2) is 44.5 Å². The van der Waals surface area contributed by atoms with E-state index in [0.29, 0.717) is 11.7 Å². The Morgan fingerprint density at radius 1 is 1.25 bits per heavy atom. The van der Waals surface area contributed by atoms with E-state index in [1.165, 1.54) is 18.7 Å². The third kappa shape index (κ3) is 3.98. The molecule has 1 aromatic carbocycles. The standard InChI is InChI=1S/C18H22ClFN4O2S2/c1-24(2)16-7-11-5-10(11)6-15(16)22-14-9-13(20)17(8-12(14)19)28(25,26)23-18-21-3-4-27-18/h3-4,8-11,15-16,22H,5-7H2,1-2H3,(H,21,23)/t10?,11-,15+,16+/m0/s1. The highest BCUT2D eigenvalue weighted by molar-refractivity contribution is 7.93. The Morgan fingerprint density at radius 2 is 2.00 bits per heavy atom. The molecule has 0 aliphatic heterocycles. The molecule has 2 aliphatic carbocycles. The number of likely N-dealkylation sites (N-methyl/N-ethyl adjacent to an activating group) is 1. The van der Waals surface area contributed by atoms with E-state index < -0.39 is 20.7 Å². The highest BCUT2D eigenvalue weighted by Crippen LogP contribution is 2.51. The number of aromatic nitrogens is 1. The minimum Gasteiger partial charge on any atom is -0.379 e. The summed E-state index contributed by atoms with van der Waals surface area (Å²) < 4.78 is 42.0. The van der Waals surface area contributed by atoms with Crippen LogP contribution in [0, 0.1) is 17.7 Å². The minimum atomic E-state index is -4.11. The Balaban J connectivity index is 1.57. The van der Waals surface area contributed by atoms with Gasteiger partial charge >= 0.3 is 0 Å². The number of halogens is 2. The second kappa shape index (κ2) is 7.44. The van der Waals surface area contributed by atoms with Crippen LogP contribution in [0.1, 0.15) is 19.3 Å². The van der Waals surface area contributed by atoms with Crippen LogP contribution >= 0.6 is 22.9 Å². The summed E-state index contributed by atoms with van der Waals surface area (Å²) in [5, 5.41) is 5.34. The number of sulfonamides is 1. The summed E-state index contributed by atoms with van der Waals surface area (Å²) in [7, 11) is -0.0184. The fraction of sp³-hybridized carbons (Fsp3) is 0.500. The molecule has 1 heterocycles. The lowest BCUT2D eigenvalue weighted by atomic mass is 9.89. The van der Waals surface area contributed by atoms with E-state index in [2.05, 4.69) is 19.9 Å². The number of thiazole rings is 1. The number of hydrogen-bond acceptors (Lipinski definition) is 6. The van der Waals surface area contributed by atoms with E-state index in [-0.39, 0.29) is 16.2 Å². The van der Waals surface area contributed by atoms with Gasteiger partial charge in [0.2, 0.25) is 0 Å². The van der Waals surface area contributed by atoms with Gasteiger partial charge in [0.15, 0.2) is 5.13 Å². The van der Waals surface area contributed by atoms with Crippen LogP contribution in [0.5, 0.6) is 0 Å². The molecule has 2 aromatic rings. The zero-order valence-electron chi connectivity index (χ0n) is 15.5. The molecule has 4 rings (SSSR count). The maximum absolute atomic E-state index is 14.7. The van der Waals surface area contributed by atoms with Gasteiger partial charge in [0.1, 0.15) is 10.7 Å². The molecule has 1 unspecified atom stereocenters. The van der Waals surface area contributed by atoms with Crippen LogP contribution in [0.2, 0.25) is 5.02 Å². The lowest BCUT2D eigenvalue weighted by molar-refractivity contribution is 0.204. The molecule has 2 aliphatic rings. The van der Waals surface area contributed by atoms with Gasteiger partial charge in [-0.1, -0.05) is 11.6 Å². The van der Waals surface area contributed by atoms with E-state index in [0.717, 1.165) is 42.1 Å². The van der Waals surface area contributed by atoms with Gasteiger partial charge in [-0.2, -0.15) is 0 Å². The Kier molecular flexibility index (Phi) is 5.28. The lowest BCUT2D eigenvalue weighted by Gasteiger charge is -2.37. The van der Waals surface area contributed by atoms with Crippen LogP contribution in [-0.2, 0) is 10.0 Å². The van der Waals surface area contributed by atoms with Crippen molar-refractivity contribution in [3.8, 4) is 0 Å². The van der Waals surface area contributed by atoms with E-state index in [1.807, 2.05) is 14.1 Å². The Bertz CT molecular complexity index is 968. The molecule has 28 heavy (non-hydrogen) atoms. The topological polar surface area (TPSA) is 74.3 Å². The number of hydrogen-bond donors (Lipinski definition) is 2. The third-order valence-corrected chi connectivity index (χ3v) is 8.09. The zero-order valence-corrected chi connectivity index (χ0v) is 17.9. The van der Waals surface area contributed by atoms with Gasteiger partial charge in [0, 0.05) is 23.7 Å². The van der Waals surface area contributed by atoms with Gasteiger partial charge in [0.05, 0.1) is 10.7 Å². The second-order valence-corrected chi connectivity index (χ2v) is 10.7. The highest BCUT2D eigenvalue weighted by atomic mass is 35.5. The minimum absolute atomic E-state index is 0.145. The Labute approximate surface area is 173 Å². The molecule has 0 amide bonds. The quantitative estimate of drug-likeness (QED) is 0.707. The smallest absolute Gasteiger partial charge is 0.266 e. The van der Waals surface area contributed by atoms with Gasteiger partial charge in [-0.05, 0) is 57.3 Å². The fourth-order valence-corrected chi connectivity index (χ4v) is 6.22. The van der Waals surface area contributed by atoms with Crippen LogP contribution in [0.25, 0.3) is 0 Å². The molecule has 2 N–H and O–H groups in total. The van der Waals surface area contributed by atoms with Crippen LogP contribution < -0.4 is 10.0 Å². The summed E-state index contributed by atoms with van der Waals surface area (Å²) in [6.45, 7) is 0. The van der Waals surface area contributed by atoms with Gasteiger partial charge in [-0.15, -0.1) is 11.3 Å². The highest BCUT2D eigenvalue weighted by Gasteiger charge is 2.47. The molecule has 0 radical (unpaired) electrons. The lowest BCUT2D eigenvalue weighted by Crippen LogP contribution is -2.46. The molecule has 2 saturated carbocycles. The van der Waals surface area contributed by atoms with Crippen molar-refractivity contribution in [2.45, 2.75) is 36.2 Å². The maximum atomic E-state index is 14.7. The SMILES string of the molecule is CN(C)[C@@H]1C[C@@H]2CC2C[C@H]1Nc1cc(F)c(S(=O)(=O)Nc2nccs2)cc1Cl. The first-order valence-corrected chi connectivity index (χ1v) is 11.8. The molecule has 0 saturated heterocycles. The van der Waals surface area contributed by atoms with Crippen molar-refractivity contribution >= 4 is 43.8 Å². The third-order valence-electron chi connectivity index (χ3n) is 5.60.